The molecule has 1 saturated carbocycles. The molecule has 2 rings (SSSR count). The van der Waals surface area contributed by atoms with Gasteiger partial charge in [-0.2, -0.15) is 0 Å². The topological polar surface area (TPSA) is 99.3 Å². The summed E-state index contributed by atoms with van der Waals surface area (Å²) in [5.41, 5.74) is 0. The molecule has 0 aromatic heterocycles. The minimum atomic E-state index is -0.573. The molecule has 0 aromatic rings. The number of rotatable bonds is 8. The zero-order valence-corrected chi connectivity index (χ0v) is 17.0. The first kappa shape index (κ1) is 21.7. The van der Waals surface area contributed by atoms with E-state index in [1.54, 1.807) is 7.05 Å². The van der Waals surface area contributed by atoms with Gasteiger partial charge < -0.3 is 21.3 Å². The predicted octanol–water partition coefficient (Wildman–Crippen LogP) is 1.08. The number of nitrogens with one attached hydrogen (secondary N) is 4. The lowest BCUT2D eigenvalue weighted by Gasteiger charge is -2.29. The van der Waals surface area contributed by atoms with Crippen molar-refractivity contribution in [2.45, 2.75) is 83.3 Å². The van der Waals surface area contributed by atoms with E-state index in [4.69, 9.17) is 0 Å². The van der Waals surface area contributed by atoms with E-state index in [9.17, 15) is 14.4 Å². The molecule has 2 fully saturated rings. The van der Waals surface area contributed by atoms with Gasteiger partial charge in [0.2, 0.25) is 17.7 Å². The lowest BCUT2D eigenvalue weighted by atomic mass is 9.95. The van der Waals surface area contributed by atoms with Gasteiger partial charge in [0.1, 0.15) is 12.1 Å². The average molecular weight is 381 g/mol. The second kappa shape index (κ2) is 10.6. The molecule has 154 valence electrons. The zero-order chi connectivity index (χ0) is 19.8. The summed E-state index contributed by atoms with van der Waals surface area (Å²) in [5, 5.41) is 11.8. The van der Waals surface area contributed by atoms with Crippen LogP contribution in [0.4, 0.5) is 0 Å². The monoisotopic (exact) mass is 380 g/mol. The van der Waals surface area contributed by atoms with Gasteiger partial charge in [-0.15, -0.1) is 0 Å². The van der Waals surface area contributed by atoms with E-state index in [1.165, 1.54) is 0 Å². The molecule has 0 aromatic carbocycles. The van der Waals surface area contributed by atoms with Crippen molar-refractivity contribution in [3.8, 4) is 0 Å². The number of likely N-dealkylation sites (N-methyl/N-ethyl adjacent to an activating group) is 1. The molecule has 1 aliphatic heterocycles. The second-order valence-electron chi connectivity index (χ2n) is 8.34. The van der Waals surface area contributed by atoms with Gasteiger partial charge >= 0.3 is 0 Å². The number of amides is 3. The Morgan fingerprint density at radius 2 is 1.63 bits per heavy atom. The molecule has 0 bridgehead atoms. The maximum absolute atomic E-state index is 13.0. The van der Waals surface area contributed by atoms with Crippen molar-refractivity contribution in [2.75, 3.05) is 13.6 Å². The molecule has 0 unspecified atom stereocenters. The van der Waals surface area contributed by atoms with Crippen LogP contribution in [0.1, 0.15) is 65.2 Å². The molecule has 3 amide bonds. The number of hydrogen-bond acceptors (Lipinski definition) is 4. The summed E-state index contributed by atoms with van der Waals surface area (Å²) < 4.78 is 0. The molecule has 1 heterocycles. The summed E-state index contributed by atoms with van der Waals surface area (Å²) in [5.74, 6) is -0.106. The zero-order valence-electron chi connectivity index (χ0n) is 17.0. The van der Waals surface area contributed by atoms with Gasteiger partial charge in [-0.1, -0.05) is 33.1 Å². The fourth-order valence-corrected chi connectivity index (χ4v) is 4.16. The maximum Gasteiger partial charge on any atom is 0.243 e. The van der Waals surface area contributed by atoms with Crippen LogP contribution in [0.2, 0.25) is 0 Å². The van der Waals surface area contributed by atoms with Crippen LogP contribution in [0.5, 0.6) is 0 Å². The van der Waals surface area contributed by atoms with Crippen LogP contribution in [0, 0.1) is 11.8 Å². The van der Waals surface area contributed by atoms with E-state index in [0.29, 0.717) is 6.42 Å². The summed E-state index contributed by atoms with van der Waals surface area (Å²) >= 11 is 0. The van der Waals surface area contributed by atoms with Gasteiger partial charge in [0.05, 0.1) is 6.04 Å². The number of carbonyl (C=O) groups excluding carboxylic acids is 3. The van der Waals surface area contributed by atoms with Crippen LogP contribution >= 0.6 is 0 Å². The van der Waals surface area contributed by atoms with Crippen molar-refractivity contribution in [1.29, 1.82) is 0 Å². The van der Waals surface area contributed by atoms with E-state index >= 15 is 0 Å². The summed E-state index contributed by atoms with van der Waals surface area (Å²) in [7, 11) is 1.58. The molecule has 4 N–H and O–H groups in total. The molecule has 1 saturated heterocycles. The Morgan fingerprint density at radius 1 is 0.963 bits per heavy atom. The van der Waals surface area contributed by atoms with Crippen molar-refractivity contribution >= 4 is 17.7 Å². The van der Waals surface area contributed by atoms with Crippen molar-refractivity contribution in [3.05, 3.63) is 0 Å². The third-order valence-electron chi connectivity index (χ3n) is 5.66. The molecule has 0 spiro atoms. The third-order valence-corrected chi connectivity index (χ3v) is 5.66. The largest absolute Gasteiger partial charge is 0.357 e. The summed E-state index contributed by atoms with van der Waals surface area (Å²) in [6.07, 6.45) is 7.52. The second-order valence-corrected chi connectivity index (χ2v) is 8.34. The SMILES string of the molecule is CNC(=O)[C@@H](CC(C)C)NC(=O)[C@H](NC(=O)[C@@H]1CCCCN1)C1CCCC1. The minimum absolute atomic E-state index is 0.0953. The Morgan fingerprint density at radius 3 is 2.19 bits per heavy atom. The first-order valence-electron chi connectivity index (χ1n) is 10.5. The highest BCUT2D eigenvalue weighted by molar-refractivity contribution is 5.93. The van der Waals surface area contributed by atoms with E-state index in [0.717, 1.165) is 51.5 Å². The molecule has 3 atom stereocenters. The minimum Gasteiger partial charge on any atom is -0.357 e. The van der Waals surface area contributed by atoms with Gasteiger partial charge in [0.15, 0.2) is 0 Å². The van der Waals surface area contributed by atoms with E-state index in [2.05, 4.69) is 21.3 Å². The molecular formula is C20H36N4O3. The predicted molar refractivity (Wildman–Crippen MR) is 105 cm³/mol. The highest BCUT2D eigenvalue weighted by Gasteiger charge is 2.35. The highest BCUT2D eigenvalue weighted by atomic mass is 16.2. The van der Waals surface area contributed by atoms with Gasteiger partial charge in [0.25, 0.3) is 0 Å². The lowest BCUT2D eigenvalue weighted by molar-refractivity contribution is -0.134. The van der Waals surface area contributed by atoms with Crippen LogP contribution in [-0.4, -0.2) is 49.4 Å². The van der Waals surface area contributed by atoms with Crippen molar-refractivity contribution in [2.24, 2.45) is 11.8 Å². The van der Waals surface area contributed by atoms with Crippen molar-refractivity contribution in [1.82, 2.24) is 21.3 Å². The van der Waals surface area contributed by atoms with Crippen LogP contribution in [0.15, 0.2) is 0 Å². The fraction of sp³-hybridized carbons (Fsp3) is 0.850. The lowest BCUT2D eigenvalue weighted by Crippen LogP contribution is -2.58. The van der Waals surface area contributed by atoms with Crippen molar-refractivity contribution in [3.63, 3.8) is 0 Å². The fourth-order valence-electron chi connectivity index (χ4n) is 4.16. The first-order valence-corrected chi connectivity index (χ1v) is 10.5. The highest BCUT2D eigenvalue weighted by Crippen LogP contribution is 2.28. The number of carbonyl (C=O) groups is 3. The van der Waals surface area contributed by atoms with Crippen LogP contribution < -0.4 is 21.3 Å². The van der Waals surface area contributed by atoms with Crippen LogP contribution in [-0.2, 0) is 14.4 Å². The van der Waals surface area contributed by atoms with Crippen LogP contribution in [0.25, 0.3) is 0 Å². The maximum atomic E-state index is 13.0. The van der Waals surface area contributed by atoms with E-state index < -0.39 is 12.1 Å². The summed E-state index contributed by atoms with van der Waals surface area (Å²) in [4.78, 5) is 37.9. The van der Waals surface area contributed by atoms with Crippen molar-refractivity contribution < 1.29 is 14.4 Å². The van der Waals surface area contributed by atoms with Crippen LogP contribution in [0.3, 0.4) is 0 Å². The molecule has 0 radical (unpaired) electrons. The summed E-state index contributed by atoms with van der Waals surface area (Å²) in [6.45, 7) is 4.88. The quantitative estimate of drug-likeness (QED) is 0.506. The molecule has 7 heteroatoms. The standard InChI is InChI=1S/C20H36N4O3/c1-13(2)12-16(18(25)21-3)23-20(27)17(14-8-4-5-9-14)24-19(26)15-10-6-7-11-22-15/h13-17,22H,4-12H2,1-3H3,(H,21,25)(H,23,27)(H,24,26)/t15-,16+,17+/m0/s1. The van der Waals surface area contributed by atoms with E-state index in [-0.39, 0.29) is 35.6 Å². The average Bonchev–Trinajstić information content (AvgIpc) is 3.19. The molecule has 2 aliphatic rings. The molecule has 1 aliphatic carbocycles. The Balaban J connectivity index is 2.05. The smallest absolute Gasteiger partial charge is 0.243 e. The Labute approximate surface area is 162 Å². The number of hydrogen-bond donors (Lipinski definition) is 4. The Bertz CT molecular complexity index is 511. The van der Waals surface area contributed by atoms with Gasteiger partial charge in [-0.05, 0) is 50.5 Å². The number of piperidine rings is 1. The Kier molecular flexibility index (Phi) is 8.54. The molecular weight excluding hydrogens is 344 g/mol. The Hall–Kier alpha value is -1.63. The van der Waals surface area contributed by atoms with E-state index in [1.807, 2.05) is 13.8 Å². The van der Waals surface area contributed by atoms with Gasteiger partial charge in [-0.25, -0.2) is 0 Å². The first-order chi connectivity index (χ1) is 12.9. The third kappa shape index (κ3) is 6.48. The normalized spacial score (nSPS) is 22.9. The molecule has 27 heavy (non-hydrogen) atoms. The van der Waals surface area contributed by atoms with Gasteiger partial charge in [-0.3, -0.25) is 14.4 Å². The molecule has 7 nitrogen and oxygen atoms in total. The summed E-state index contributed by atoms with van der Waals surface area (Å²) in [6, 6.07) is -1.36. The van der Waals surface area contributed by atoms with Gasteiger partial charge in [0, 0.05) is 7.05 Å².